The van der Waals surface area contributed by atoms with Gasteiger partial charge in [-0.2, -0.15) is 0 Å². The summed E-state index contributed by atoms with van der Waals surface area (Å²) in [6, 6.07) is 1.51. The summed E-state index contributed by atoms with van der Waals surface area (Å²) in [5, 5.41) is 0.450. The van der Waals surface area contributed by atoms with Gasteiger partial charge >= 0.3 is 0 Å². The second kappa shape index (κ2) is 3.68. The van der Waals surface area contributed by atoms with Gasteiger partial charge in [-0.25, -0.2) is 8.78 Å². The molecule has 1 atom stereocenters. The maximum atomic E-state index is 13.1. The zero-order valence-corrected chi connectivity index (χ0v) is 8.55. The standard InChI is InChI=1S/C11H10F2N2O/c1-5(14)8-4-15-11(16)7-3-10(13)9(12)2-6(7)8/h2-5H,14H2,1H3,(H,15,16). The molecule has 3 nitrogen and oxygen atoms in total. The molecule has 0 saturated heterocycles. The topological polar surface area (TPSA) is 58.9 Å². The predicted molar refractivity (Wildman–Crippen MR) is 57.1 cm³/mol. The highest BCUT2D eigenvalue weighted by Gasteiger charge is 2.12. The highest BCUT2D eigenvalue weighted by atomic mass is 19.2. The first-order valence-corrected chi connectivity index (χ1v) is 4.76. The zero-order chi connectivity index (χ0) is 11.9. The van der Waals surface area contributed by atoms with Crippen molar-refractivity contribution < 1.29 is 8.78 Å². The average Bonchev–Trinajstić information content (AvgIpc) is 2.21. The maximum absolute atomic E-state index is 13.1. The fourth-order valence-electron chi connectivity index (χ4n) is 1.65. The van der Waals surface area contributed by atoms with Crippen LogP contribution < -0.4 is 11.3 Å². The van der Waals surface area contributed by atoms with Crippen LogP contribution in [0.5, 0.6) is 0 Å². The third-order valence-electron chi connectivity index (χ3n) is 2.47. The van der Waals surface area contributed by atoms with Crippen LogP contribution >= 0.6 is 0 Å². The lowest BCUT2D eigenvalue weighted by Crippen LogP contribution is -2.13. The molecule has 2 aromatic rings. The molecule has 16 heavy (non-hydrogen) atoms. The Hall–Kier alpha value is -1.75. The molecule has 0 radical (unpaired) electrons. The minimum absolute atomic E-state index is 0.105. The van der Waals surface area contributed by atoms with Crippen LogP contribution in [0.15, 0.2) is 23.1 Å². The van der Waals surface area contributed by atoms with Crippen molar-refractivity contribution in [3.8, 4) is 0 Å². The molecule has 1 unspecified atom stereocenters. The lowest BCUT2D eigenvalue weighted by molar-refractivity contribution is 0.510. The summed E-state index contributed by atoms with van der Waals surface area (Å²) in [6.07, 6.45) is 1.42. The van der Waals surface area contributed by atoms with Crippen LogP contribution in [-0.2, 0) is 0 Å². The Kier molecular flexibility index (Phi) is 2.47. The molecular weight excluding hydrogens is 214 g/mol. The van der Waals surface area contributed by atoms with Crippen molar-refractivity contribution in [3.05, 3.63) is 45.9 Å². The number of aromatic amines is 1. The van der Waals surface area contributed by atoms with E-state index in [1.54, 1.807) is 6.92 Å². The normalized spacial score (nSPS) is 13.0. The molecule has 0 saturated carbocycles. The Labute approximate surface area is 89.9 Å². The van der Waals surface area contributed by atoms with E-state index in [2.05, 4.69) is 4.98 Å². The van der Waals surface area contributed by atoms with Gasteiger partial charge in [-0.15, -0.1) is 0 Å². The minimum atomic E-state index is -1.04. The van der Waals surface area contributed by atoms with Gasteiger partial charge in [-0.1, -0.05) is 0 Å². The fourth-order valence-corrected chi connectivity index (χ4v) is 1.65. The lowest BCUT2D eigenvalue weighted by atomic mass is 10.0. The van der Waals surface area contributed by atoms with Crippen molar-refractivity contribution in [2.75, 3.05) is 0 Å². The molecule has 0 aliphatic heterocycles. The monoisotopic (exact) mass is 224 g/mol. The van der Waals surface area contributed by atoms with Crippen molar-refractivity contribution in [2.24, 2.45) is 5.73 Å². The molecule has 84 valence electrons. The number of aromatic nitrogens is 1. The molecule has 2 rings (SSSR count). The van der Waals surface area contributed by atoms with Crippen LogP contribution in [0.25, 0.3) is 10.8 Å². The summed E-state index contributed by atoms with van der Waals surface area (Å²) in [7, 11) is 0. The molecule has 1 aromatic carbocycles. The number of rotatable bonds is 1. The van der Waals surface area contributed by atoms with Crippen LogP contribution in [0, 0.1) is 11.6 Å². The van der Waals surface area contributed by atoms with Gasteiger partial charge in [0, 0.05) is 12.2 Å². The smallest absolute Gasteiger partial charge is 0.255 e. The predicted octanol–water partition coefficient (Wildman–Crippen LogP) is 1.83. The summed E-state index contributed by atoms with van der Waals surface area (Å²) in [6.45, 7) is 1.70. The highest BCUT2D eigenvalue weighted by molar-refractivity contribution is 5.85. The second-order valence-electron chi connectivity index (χ2n) is 3.67. The molecule has 0 amide bonds. The molecule has 1 aromatic heterocycles. The summed E-state index contributed by atoms with van der Waals surface area (Å²) < 4.78 is 26.1. The largest absolute Gasteiger partial charge is 0.328 e. The Morgan fingerprint density at radius 1 is 1.25 bits per heavy atom. The number of nitrogens with one attached hydrogen (secondary N) is 1. The van der Waals surface area contributed by atoms with Crippen LogP contribution in [0.4, 0.5) is 8.78 Å². The van der Waals surface area contributed by atoms with Gasteiger partial charge in [0.05, 0.1) is 5.39 Å². The SMILES string of the molecule is CC(N)c1c[nH]c(=O)c2cc(F)c(F)cc12. The van der Waals surface area contributed by atoms with Crippen LogP contribution in [0.1, 0.15) is 18.5 Å². The van der Waals surface area contributed by atoms with Crippen molar-refractivity contribution in [1.82, 2.24) is 4.98 Å². The average molecular weight is 224 g/mol. The van der Waals surface area contributed by atoms with Gasteiger partial charge in [0.2, 0.25) is 0 Å². The molecule has 1 heterocycles. The number of benzene rings is 1. The number of pyridine rings is 1. The Morgan fingerprint density at radius 3 is 2.38 bits per heavy atom. The van der Waals surface area contributed by atoms with E-state index < -0.39 is 17.2 Å². The summed E-state index contributed by atoms with van der Waals surface area (Å²) in [5.74, 6) is -2.03. The van der Waals surface area contributed by atoms with Gasteiger partial charge in [0.15, 0.2) is 11.6 Å². The first-order chi connectivity index (χ1) is 7.50. The van der Waals surface area contributed by atoms with Gasteiger partial charge in [-0.3, -0.25) is 4.79 Å². The number of H-pyrrole nitrogens is 1. The molecule has 0 bridgehead atoms. The van der Waals surface area contributed by atoms with Crippen LogP contribution in [0.2, 0.25) is 0 Å². The lowest BCUT2D eigenvalue weighted by Gasteiger charge is -2.09. The van der Waals surface area contributed by atoms with E-state index in [0.717, 1.165) is 12.1 Å². The van der Waals surface area contributed by atoms with Gasteiger partial charge < -0.3 is 10.7 Å². The van der Waals surface area contributed by atoms with Crippen molar-refractivity contribution >= 4 is 10.8 Å². The van der Waals surface area contributed by atoms with Gasteiger partial charge in [0.25, 0.3) is 5.56 Å². The number of fused-ring (bicyclic) bond motifs is 1. The number of halogens is 2. The third-order valence-corrected chi connectivity index (χ3v) is 2.47. The summed E-state index contributed by atoms with van der Waals surface area (Å²) in [4.78, 5) is 13.9. The first-order valence-electron chi connectivity index (χ1n) is 4.76. The summed E-state index contributed by atoms with van der Waals surface area (Å²) >= 11 is 0. The zero-order valence-electron chi connectivity index (χ0n) is 8.55. The van der Waals surface area contributed by atoms with E-state index in [-0.39, 0.29) is 11.4 Å². The number of hydrogen-bond acceptors (Lipinski definition) is 2. The quantitative estimate of drug-likeness (QED) is 0.776. The molecule has 0 aliphatic carbocycles. The van der Waals surface area contributed by atoms with E-state index in [1.165, 1.54) is 6.20 Å². The third kappa shape index (κ3) is 1.59. The molecule has 3 N–H and O–H groups in total. The van der Waals surface area contributed by atoms with Crippen molar-refractivity contribution in [1.29, 1.82) is 0 Å². The Morgan fingerprint density at radius 2 is 1.81 bits per heavy atom. The molecule has 5 heteroatoms. The van der Waals surface area contributed by atoms with E-state index in [0.29, 0.717) is 10.9 Å². The van der Waals surface area contributed by atoms with E-state index in [9.17, 15) is 13.6 Å². The Bertz CT molecular complexity index is 605. The van der Waals surface area contributed by atoms with Crippen LogP contribution in [-0.4, -0.2) is 4.98 Å². The highest BCUT2D eigenvalue weighted by Crippen LogP contribution is 2.22. The fraction of sp³-hybridized carbons (Fsp3) is 0.182. The van der Waals surface area contributed by atoms with E-state index in [1.807, 2.05) is 0 Å². The van der Waals surface area contributed by atoms with Crippen LogP contribution in [0.3, 0.4) is 0 Å². The summed E-state index contributed by atoms with van der Waals surface area (Å²) in [5.41, 5.74) is 5.80. The van der Waals surface area contributed by atoms with E-state index in [4.69, 9.17) is 5.73 Å². The van der Waals surface area contributed by atoms with Gasteiger partial charge in [0.1, 0.15) is 0 Å². The van der Waals surface area contributed by atoms with Crippen molar-refractivity contribution in [3.63, 3.8) is 0 Å². The number of nitrogens with two attached hydrogens (primary N) is 1. The van der Waals surface area contributed by atoms with Crippen molar-refractivity contribution in [2.45, 2.75) is 13.0 Å². The minimum Gasteiger partial charge on any atom is -0.328 e. The van der Waals surface area contributed by atoms with Gasteiger partial charge in [-0.05, 0) is 30.0 Å². The molecule has 0 aliphatic rings. The Balaban J connectivity index is 2.93. The molecule has 0 fully saturated rings. The van der Waals surface area contributed by atoms with E-state index >= 15 is 0 Å². The second-order valence-corrected chi connectivity index (χ2v) is 3.67. The first kappa shape index (κ1) is 10.8. The number of hydrogen-bond donors (Lipinski definition) is 2. The maximum Gasteiger partial charge on any atom is 0.255 e. The molecule has 0 spiro atoms. The molecular formula is C11H10F2N2O.